The van der Waals surface area contributed by atoms with E-state index in [-0.39, 0.29) is 5.41 Å². The molecule has 80 heavy (non-hydrogen) atoms. The van der Waals surface area contributed by atoms with Gasteiger partial charge in [-0.15, -0.1) is 0 Å². The van der Waals surface area contributed by atoms with Crippen molar-refractivity contribution in [1.82, 2.24) is 13.7 Å². The van der Waals surface area contributed by atoms with Gasteiger partial charge in [-0.2, -0.15) is 10.5 Å². The molecule has 14 rings (SSSR count). The second kappa shape index (κ2) is 18.3. The van der Waals surface area contributed by atoms with Crippen LogP contribution in [-0.2, 0) is 5.41 Å². The van der Waals surface area contributed by atoms with E-state index in [4.69, 9.17) is 4.42 Å². The van der Waals surface area contributed by atoms with Crippen LogP contribution in [0.3, 0.4) is 0 Å². The molecule has 0 saturated carbocycles. The normalized spacial score (nSPS) is 13.3. The van der Waals surface area contributed by atoms with Crippen LogP contribution in [0.25, 0.3) is 105 Å². The highest BCUT2D eigenvalue weighted by molar-refractivity contribution is 6.24. The average Bonchev–Trinajstić information content (AvgIpc) is 4.36. The van der Waals surface area contributed by atoms with Gasteiger partial charge >= 0.3 is 0 Å². The summed E-state index contributed by atoms with van der Waals surface area (Å²) in [5.41, 5.74) is 19.0. The zero-order chi connectivity index (χ0) is 54.6. The number of benzene rings is 9. The molecule has 1 aliphatic rings. The van der Waals surface area contributed by atoms with Crippen molar-refractivity contribution >= 4 is 105 Å². The number of hydrogen-bond donors (Lipinski definition) is 0. The molecule has 0 radical (unpaired) electrons. The molecule has 13 aromatic rings. The fraction of sp³-hybridized carbons (Fsp3) is 0.0685. The van der Waals surface area contributed by atoms with Gasteiger partial charge in [-0.3, -0.25) is 0 Å². The summed E-state index contributed by atoms with van der Waals surface area (Å²) in [4.78, 5) is 2.28. The van der Waals surface area contributed by atoms with Crippen molar-refractivity contribution in [3.8, 4) is 29.2 Å². The maximum atomic E-state index is 11.6. The molecule has 0 atom stereocenters. The molecule has 0 fully saturated rings. The zero-order valence-electron chi connectivity index (χ0n) is 44.8. The van der Waals surface area contributed by atoms with Gasteiger partial charge in [0.25, 0.3) is 0 Å². The molecule has 0 spiro atoms. The van der Waals surface area contributed by atoms with Gasteiger partial charge in [-0.25, -0.2) is 0 Å². The SMILES string of the molecule is C=C/C=C\C1=C(C)C(C)(C)c2cc3c(cc21)c1cc(N(c2ccccc2)c2ccccc2)ccc1n3-c1cc(C#N)c(-n2c3ccc(-n4c(/C=C\C=C)c(C)c5ccccc54)cc3c3c4oc5ccccc5c4ccc32)cc1C#N. The minimum atomic E-state index is -0.299. The Morgan fingerprint density at radius 3 is 1.80 bits per heavy atom. The first-order valence-corrected chi connectivity index (χ1v) is 26.9. The highest BCUT2D eigenvalue weighted by atomic mass is 16.3. The fourth-order valence-corrected chi connectivity index (χ4v) is 12.8. The third-order valence-electron chi connectivity index (χ3n) is 16.8. The van der Waals surface area contributed by atoms with Crippen LogP contribution in [0.1, 0.15) is 54.3 Å². The number of nitrogens with zero attached hydrogens (tertiary/aromatic N) is 6. The molecule has 4 aromatic heterocycles. The van der Waals surface area contributed by atoms with Crippen LogP contribution in [0.5, 0.6) is 0 Å². The van der Waals surface area contributed by atoms with Gasteiger partial charge in [0.15, 0.2) is 0 Å². The lowest BCUT2D eigenvalue weighted by molar-refractivity contribution is 0.640. The summed E-state index contributed by atoms with van der Waals surface area (Å²) in [5.74, 6) is 0. The first-order valence-electron chi connectivity index (χ1n) is 26.9. The predicted octanol–water partition coefficient (Wildman–Crippen LogP) is 19.3. The summed E-state index contributed by atoms with van der Waals surface area (Å²) in [6.45, 7) is 16.9. The van der Waals surface area contributed by atoms with E-state index in [2.05, 4.69) is 223 Å². The molecular weight excluding hydrogens is 977 g/mol. The Bertz CT molecular complexity index is 4960. The average molecular weight is 1030 g/mol. The van der Waals surface area contributed by atoms with Crippen LogP contribution in [0, 0.1) is 29.6 Å². The Morgan fingerprint density at radius 2 is 1.10 bits per heavy atom. The number of aryl methyl sites for hydroxylation is 1. The highest BCUT2D eigenvalue weighted by Crippen LogP contribution is 2.51. The zero-order valence-corrected chi connectivity index (χ0v) is 44.8. The fourth-order valence-electron chi connectivity index (χ4n) is 12.8. The third kappa shape index (κ3) is 6.98. The number of nitriles is 2. The van der Waals surface area contributed by atoms with E-state index in [0.717, 1.165) is 110 Å². The van der Waals surface area contributed by atoms with Crippen molar-refractivity contribution in [2.24, 2.45) is 0 Å². The summed E-state index contributed by atoms with van der Waals surface area (Å²) in [6.07, 6.45) is 11.9. The molecule has 0 N–H and O–H groups in total. The van der Waals surface area contributed by atoms with Crippen molar-refractivity contribution in [2.75, 3.05) is 4.90 Å². The molecule has 1 aliphatic carbocycles. The number of rotatable bonds is 10. The van der Waals surface area contributed by atoms with Crippen molar-refractivity contribution in [3.05, 3.63) is 265 Å². The topological polar surface area (TPSA) is 78.8 Å². The number of anilines is 3. The first-order chi connectivity index (χ1) is 39.1. The van der Waals surface area contributed by atoms with Crippen LogP contribution in [0.4, 0.5) is 17.1 Å². The van der Waals surface area contributed by atoms with Gasteiger partial charge in [-0.1, -0.05) is 136 Å². The van der Waals surface area contributed by atoms with E-state index in [9.17, 15) is 10.5 Å². The Balaban J connectivity index is 1.04. The Labute approximate surface area is 463 Å². The van der Waals surface area contributed by atoms with Crippen LogP contribution < -0.4 is 4.90 Å². The van der Waals surface area contributed by atoms with Gasteiger partial charge in [0, 0.05) is 66.2 Å². The number of allylic oxidation sites excluding steroid dienone is 7. The van der Waals surface area contributed by atoms with Gasteiger partial charge < -0.3 is 23.0 Å². The van der Waals surface area contributed by atoms with Gasteiger partial charge in [-0.05, 0) is 151 Å². The Morgan fingerprint density at radius 1 is 0.512 bits per heavy atom. The molecule has 0 aliphatic heterocycles. The minimum absolute atomic E-state index is 0.299. The van der Waals surface area contributed by atoms with Crippen molar-refractivity contribution in [1.29, 1.82) is 10.5 Å². The predicted molar refractivity (Wildman–Crippen MR) is 332 cm³/mol. The van der Waals surface area contributed by atoms with Crippen LogP contribution in [-0.4, -0.2) is 13.7 Å². The standard InChI is InChI=1S/C73H52N6O/c1-7-9-25-54-46(4)73(5,6)61-42-69-59(41-57(54)61)58-39-51(76(49-21-13-11-14-22-49)50-23-15-12-16-24-50)31-34-64(58)79(69)68-38-47(43-74)67(37-48(68)44-75)78-65-35-32-52(77-62(28-10-8-2)45(3)53-26-17-19-29-63(53)77)40-60(65)71-66(78)36-33-56-55-27-18-20-30-70(55)80-72(56)71/h7-42H,1-2H2,3-6H3/b25-9-,28-10-. The number of hydrogen-bond acceptors (Lipinski definition) is 4. The summed E-state index contributed by atoms with van der Waals surface area (Å²) >= 11 is 0. The lowest BCUT2D eigenvalue weighted by Crippen LogP contribution is -2.15. The van der Waals surface area contributed by atoms with Crippen LogP contribution >= 0.6 is 0 Å². The Hall–Kier alpha value is -10.6. The molecule has 7 heteroatoms. The lowest BCUT2D eigenvalue weighted by Gasteiger charge is -2.25. The third-order valence-corrected chi connectivity index (χ3v) is 16.8. The number of para-hydroxylation sites is 4. The second-order valence-corrected chi connectivity index (χ2v) is 21.3. The first kappa shape index (κ1) is 47.8. The maximum Gasteiger partial charge on any atom is 0.145 e. The van der Waals surface area contributed by atoms with Crippen molar-refractivity contribution in [2.45, 2.75) is 33.1 Å². The maximum absolute atomic E-state index is 11.6. The summed E-state index contributed by atoms with van der Waals surface area (Å²) in [6, 6.07) is 68.6. The molecule has 0 bridgehead atoms. The summed E-state index contributed by atoms with van der Waals surface area (Å²) in [5, 5.41) is 30.2. The largest absolute Gasteiger partial charge is 0.455 e. The Kier molecular flexibility index (Phi) is 10.9. The molecule has 9 aromatic carbocycles. The van der Waals surface area contributed by atoms with Gasteiger partial charge in [0.2, 0.25) is 0 Å². The minimum Gasteiger partial charge on any atom is -0.455 e. The van der Waals surface area contributed by atoms with E-state index < -0.39 is 0 Å². The van der Waals surface area contributed by atoms with Crippen LogP contribution in [0.2, 0.25) is 0 Å². The summed E-state index contributed by atoms with van der Waals surface area (Å²) in [7, 11) is 0. The highest BCUT2D eigenvalue weighted by Gasteiger charge is 2.36. The summed E-state index contributed by atoms with van der Waals surface area (Å²) < 4.78 is 13.5. The molecular formula is C73H52N6O. The van der Waals surface area contributed by atoms with Crippen molar-refractivity contribution < 1.29 is 4.42 Å². The van der Waals surface area contributed by atoms with E-state index >= 15 is 0 Å². The van der Waals surface area contributed by atoms with Gasteiger partial charge in [0.1, 0.15) is 23.3 Å². The smallest absolute Gasteiger partial charge is 0.145 e. The molecule has 7 nitrogen and oxygen atoms in total. The molecule has 380 valence electrons. The van der Waals surface area contributed by atoms with Crippen LogP contribution in [0.15, 0.2) is 236 Å². The van der Waals surface area contributed by atoms with Crippen molar-refractivity contribution in [3.63, 3.8) is 0 Å². The number of aromatic nitrogens is 3. The number of fused-ring (bicyclic) bond motifs is 12. The molecule has 0 unspecified atom stereocenters. The van der Waals surface area contributed by atoms with E-state index in [1.807, 2.05) is 60.7 Å². The second-order valence-electron chi connectivity index (χ2n) is 21.3. The lowest BCUT2D eigenvalue weighted by atomic mass is 9.81. The molecule has 4 heterocycles. The quantitative estimate of drug-likeness (QED) is 0.128. The molecule has 0 saturated heterocycles. The van der Waals surface area contributed by atoms with Gasteiger partial charge in [0.05, 0.1) is 55.5 Å². The number of furan rings is 1. The van der Waals surface area contributed by atoms with E-state index in [1.165, 1.54) is 22.3 Å². The molecule has 0 amide bonds. The van der Waals surface area contributed by atoms with E-state index in [1.54, 1.807) is 6.08 Å². The monoisotopic (exact) mass is 1030 g/mol. The van der Waals surface area contributed by atoms with E-state index in [0.29, 0.717) is 22.5 Å².